The number of ether oxygens (including phenoxy) is 1. The van der Waals surface area contributed by atoms with Gasteiger partial charge in [0.15, 0.2) is 0 Å². The second kappa shape index (κ2) is 9.52. The van der Waals surface area contributed by atoms with Crippen molar-refractivity contribution >= 4 is 5.91 Å². The van der Waals surface area contributed by atoms with E-state index in [2.05, 4.69) is 18.3 Å². The van der Waals surface area contributed by atoms with Gasteiger partial charge in [-0.15, -0.1) is 0 Å². The maximum atomic E-state index is 13.2. The molecule has 2 unspecified atom stereocenters. The van der Waals surface area contributed by atoms with Crippen molar-refractivity contribution in [1.29, 1.82) is 0 Å². The monoisotopic (exact) mass is 475 g/mol. The van der Waals surface area contributed by atoms with Gasteiger partial charge in [-0.2, -0.15) is 26.3 Å². The first-order chi connectivity index (χ1) is 15.3. The van der Waals surface area contributed by atoms with Gasteiger partial charge in [0.2, 0.25) is 5.91 Å². The lowest BCUT2D eigenvalue weighted by Crippen LogP contribution is -2.46. The molecule has 3 nitrogen and oxygen atoms in total. The molecular weight excluding hydrogens is 448 g/mol. The van der Waals surface area contributed by atoms with E-state index in [1.165, 1.54) is 0 Å². The summed E-state index contributed by atoms with van der Waals surface area (Å²) in [6, 6.07) is 1.51. The van der Waals surface area contributed by atoms with E-state index in [0.717, 1.165) is 6.42 Å². The van der Waals surface area contributed by atoms with Crippen LogP contribution in [0.1, 0.15) is 55.7 Å². The predicted octanol–water partition coefficient (Wildman–Crippen LogP) is 6.44. The molecule has 1 N–H and O–H groups in total. The fourth-order valence-electron chi connectivity index (χ4n) is 4.71. The summed E-state index contributed by atoms with van der Waals surface area (Å²) in [6.45, 7) is 2.27. The van der Waals surface area contributed by atoms with E-state index >= 15 is 0 Å². The highest BCUT2D eigenvalue weighted by atomic mass is 19.4. The minimum absolute atomic E-state index is 0.0302. The van der Waals surface area contributed by atoms with Crippen molar-refractivity contribution in [2.75, 3.05) is 13.2 Å². The first kappa shape index (κ1) is 25.3. The van der Waals surface area contributed by atoms with E-state index < -0.39 is 28.9 Å². The molecule has 2 aliphatic rings. The third-order valence-electron chi connectivity index (χ3n) is 6.74. The summed E-state index contributed by atoms with van der Waals surface area (Å²) in [6.07, 6.45) is 1.12. The molecule has 0 bridgehead atoms. The van der Waals surface area contributed by atoms with Crippen molar-refractivity contribution in [3.63, 3.8) is 0 Å². The molecule has 0 radical (unpaired) electrons. The Morgan fingerprint density at radius 1 is 1.00 bits per heavy atom. The van der Waals surface area contributed by atoms with Crippen LogP contribution in [0, 0.1) is 10.8 Å². The van der Waals surface area contributed by atoms with Gasteiger partial charge in [0.05, 0.1) is 24.3 Å². The lowest BCUT2D eigenvalue weighted by molar-refractivity contribution is -0.143. The Morgan fingerprint density at radius 2 is 1.67 bits per heavy atom. The summed E-state index contributed by atoms with van der Waals surface area (Å²) in [5, 5.41) is 2.87. The average Bonchev–Trinajstić information content (AvgIpc) is 2.70. The van der Waals surface area contributed by atoms with Crippen molar-refractivity contribution in [3.05, 3.63) is 59.2 Å². The molecule has 0 saturated carbocycles. The fourth-order valence-corrected chi connectivity index (χ4v) is 4.71. The summed E-state index contributed by atoms with van der Waals surface area (Å²) in [7, 11) is 0. The van der Waals surface area contributed by atoms with Gasteiger partial charge < -0.3 is 10.1 Å². The van der Waals surface area contributed by atoms with Crippen LogP contribution in [-0.4, -0.2) is 19.1 Å². The molecule has 33 heavy (non-hydrogen) atoms. The minimum atomic E-state index is -4.90. The maximum Gasteiger partial charge on any atom is 0.416 e. The third-order valence-corrected chi connectivity index (χ3v) is 6.74. The van der Waals surface area contributed by atoms with Gasteiger partial charge in [0.25, 0.3) is 0 Å². The van der Waals surface area contributed by atoms with Crippen molar-refractivity contribution in [3.8, 4) is 0 Å². The quantitative estimate of drug-likeness (QED) is 0.498. The molecular formula is C24H27F6NO2. The number of hydrogen-bond donors (Lipinski definition) is 1. The maximum absolute atomic E-state index is 13.2. The Morgan fingerprint density at radius 3 is 2.24 bits per heavy atom. The van der Waals surface area contributed by atoms with Crippen molar-refractivity contribution in [2.45, 2.75) is 58.0 Å². The molecule has 1 aromatic rings. The number of carbonyl (C=O) groups is 1. The molecule has 1 fully saturated rings. The van der Waals surface area contributed by atoms with E-state index in [4.69, 9.17) is 4.74 Å². The Kier molecular flexibility index (Phi) is 7.31. The fraction of sp³-hybridized carbons (Fsp3) is 0.542. The van der Waals surface area contributed by atoms with Crippen LogP contribution in [0.4, 0.5) is 26.3 Å². The summed E-state index contributed by atoms with van der Waals surface area (Å²) >= 11 is 0. The van der Waals surface area contributed by atoms with Gasteiger partial charge in [-0.25, -0.2) is 0 Å². The zero-order valence-electron chi connectivity index (χ0n) is 18.3. The summed E-state index contributed by atoms with van der Waals surface area (Å²) < 4.78 is 84.8. The normalized spacial score (nSPS) is 26.6. The number of benzene rings is 1. The summed E-state index contributed by atoms with van der Waals surface area (Å²) in [5.41, 5.74) is -3.65. The number of amides is 1. The number of allylic oxidation sites excluding steroid dienone is 4. The van der Waals surface area contributed by atoms with Gasteiger partial charge in [-0.1, -0.05) is 31.2 Å². The molecule has 0 spiro atoms. The number of nitrogens with one attached hydrogen (secondary N) is 1. The topological polar surface area (TPSA) is 38.3 Å². The number of rotatable bonds is 5. The standard InChI is InChI=1S/C24H27F6NO2/c1-21(7-3-2-4-8-21)22(9-5-6-20(32)31-11-10-22)16-33-15-17-12-18(23(25,26)27)14-19(13-17)24(28,29)30/h2-4,7,12-14H,5-6,8-11,15-16H2,1H3,(H,31,32). The highest BCUT2D eigenvalue weighted by molar-refractivity contribution is 5.75. The first-order valence-corrected chi connectivity index (χ1v) is 10.8. The van der Waals surface area contributed by atoms with E-state index in [1.54, 1.807) is 0 Å². The molecule has 1 saturated heterocycles. The zero-order chi connectivity index (χ0) is 24.3. The van der Waals surface area contributed by atoms with E-state index in [-0.39, 0.29) is 36.2 Å². The molecule has 1 heterocycles. The first-order valence-electron chi connectivity index (χ1n) is 10.8. The number of hydrogen-bond acceptors (Lipinski definition) is 2. The second-order valence-electron chi connectivity index (χ2n) is 9.05. The third kappa shape index (κ3) is 5.99. The van der Waals surface area contributed by atoms with Crippen LogP contribution >= 0.6 is 0 Å². The molecule has 2 atom stereocenters. The summed E-state index contributed by atoms with van der Waals surface area (Å²) in [4.78, 5) is 11.8. The number of alkyl halides is 6. The van der Waals surface area contributed by atoms with Crippen LogP contribution in [0.2, 0.25) is 0 Å². The van der Waals surface area contributed by atoms with E-state index in [1.807, 2.05) is 18.2 Å². The Hall–Kier alpha value is -2.29. The Balaban J connectivity index is 1.84. The van der Waals surface area contributed by atoms with Gasteiger partial charge in [-0.3, -0.25) is 4.79 Å². The second-order valence-corrected chi connectivity index (χ2v) is 9.05. The molecule has 182 valence electrons. The van der Waals surface area contributed by atoms with Crippen molar-refractivity contribution < 1.29 is 35.9 Å². The minimum Gasteiger partial charge on any atom is -0.376 e. The predicted molar refractivity (Wildman–Crippen MR) is 111 cm³/mol. The molecule has 1 aromatic carbocycles. The van der Waals surface area contributed by atoms with E-state index in [0.29, 0.717) is 44.4 Å². The van der Waals surface area contributed by atoms with Gasteiger partial charge in [-0.05, 0) is 54.9 Å². The van der Waals surface area contributed by atoms with Crippen LogP contribution < -0.4 is 5.32 Å². The van der Waals surface area contributed by atoms with Crippen LogP contribution in [0.5, 0.6) is 0 Å². The van der Waals surface area contributed by atoms with Gasteiger partial charge >= 0.3 is 12.4 Å². The smallest absolute Gasteiger partial charge is 0.376 e. The molecule has 3 rings (SSSR count). The van der Waals surface area contributed by atoms with Crippen LogP contribution in [-0.2, 0) is 28.5 Å². The lowest BCUT2D eigenvalue weighted by Gasteiger charge is -2.49. The van der Waals surface area contributed by atoms with E-state index in [9.17, 15) is 31.1 Å². The Bertz CT molecular complexity index is 874. The lowest BCUT2D eigenvalue weighted by atomic mass is 9.58. The molecule has 0 aromatic heterocycles. The highest BCUT2D eigenvalue weighted by Gasteiger charge is 2.46. The number of carbonyl (C=O) groups excluding carboxylic acids is 1. The van der Waals surface area contributed by atoms with Crippen molar-refractivity contribution in [1.82, 2.24) is 5.32 Å². The van der Waals surface area contributed by atoms with Gasteiger partial charge in [0.1, 0.15) is 0 Å². The van der Waals surface area contributed by atoms with Crippen LogP contribution in [0.25, 0.3) is 0 Å². The van der Waals surface area contributed by atoms with Gasteiger partial charge in [0, 0.05) is 18.4 Å². The zero-order valence-corrected chi connectivity index (χ0v) is 18.3. The van der Waals surface area contributed by atoms with Crippen molar-refractivity contribution in [2.24, 2.45) is 10.8 Å². The average molecular weight is 475 g/mol. The van der Waals surface area contributed by atoms with Crippen LogP contribution in [0.3, 0.4) is 0 Å². The molecule has 9 heteroatoms. The highest BCUT2D eigenvalue weighted by Crippen LogP contribution is 2.51. The SMILES string of the molecule is CC1(C2(COCc3cc(C(F)(F)F)cc(C(F)(F)F)c3)CCCC(=O)NCC2)C=CC=CC1. The largest absolute Gasteiger partial charge is 0.416 e. The molecule has 1 aliphatic heterocycles. The summed E-state index contributed by atoms with van der Waals surface area (Å²) in [5.74, 6) is -0.0302. The molecule has 1 aliphatic carbocycles. The Labute approximate surface area is 188 Å². The molecule has 1 amide bonds. The van der Waals surface area contributed by atoms with Crippen LogP contribution in [0.15, 0.2) is 42.5 Å². The number of halogens is 6.